The second-order valence-corrected chi connectivity index (χ2v) is 7.10. The Kier molecular flexibility index (Phi) is 6.56. The van der Waals surface area contributed by atoms with Crippen molar-refractivity contribution in [2.24, 2.45) is 4.99 Å². The number of ether oxygens (including phenoxy) is 1. The van der Waals surface area contributed by atoms with Gasteiger partial charge >= 0.3 is 0 Å². The van der Waals surface area contributed by atoms with Crippen LogP contribution in [0.15, 0.2) is 34.8 Å². The van der Waals surface area contributed by atoms with E-state index in [0.717, 1.165) is 64.7 Å². The zero-order valence-corrected chi connectivity index (χ0v) is 16.4. The molecule has 2 heterocycles. The Morgan fingerprint density at radius 1 is 1.19 bits per heavy atom. The van der Waals surface area contributed by atoms with Crippen molar-refractivity contribution in [3.63, 3.8) is 0 Å². The molecular formula is C21H32N4O. The van der Waals surface area contributed by atoms with Gasteiger partial charge in [-0.15, -0.1) is 0 Å². The number of aryl methyl sites for hydroxylation is 1. The lowest BCUT2D eigenvalue weighted by Crippen LogP contribution is -2.52. The molecule has 5 nitrogen and oxygen atoms in total. The van der Waals surface area contributed by atoms with Crippen LogP contribution in [0.25, 0.3) is 0 Å². The lowest BCUT2D eigenvalue weighted by atomic mass is 10.1. The molecular weight excluding hydrogens is 324 g/mol. The van der Waals surface area contributed by atoms with Gasteiger partial charge in [-0.1, -0.05) is 23.8 Å². The van der Waals surface area contributed by atoms with Crippen molar-refractivity contribution < 1.29 is 4.74 Å². The van der Waals surface area contributed by atoms with Crippen LogP contribution in [0.4, 0.5) is 5.69 Å². The van der Waals surface area contributed by atoms with Crippen LogP contribution in [0.3, 0.4) is 0 Å². The molecule has 0 radical (unpaired) electrons. The maximum atomic E-state index is 5.37. The molecule has 0 aliphatic carbocycles. The van der Waals surface area contributed by atoms with Crippen molar-refractivity contribution in [1.29, 1.82) is 0 Å². The molecule has 1 fully saturated rings. The van der Waals surface area contributed by atoms with Crippen LogP contribution in [0.1, 0.15) is 24.0 Å². The second-order valence-electron chi connectivity index (χ2n) is 7.10. The van der Waals surface area contributed by atoms with Crippen LogP contribution in [0.5, 0.6) is 0 Å². The molecule has 0 bridgehead atoms. The predicted molar refractivity (Wildman–Crippen MR) is 109 cm³/mol. The Bertz CT molecular complexity index is 660. The fourth-order valence-electron chi connectivity index (χ4n) is 3.70. The fourth-order valence-corrected chi connectivity index (χ4v) is 3.70. The number of anilines is 1. The first-order valence-electron chi connectivity index (χ1n) is 9.71. The van der Waals surface area contributed by atoms with E-state index >= 15 is 0 Å². The van der Waals surface area contributed by atoms with E-state index in [1.807, 2.05) is 7.05 Å². The molecule has 1 aromatic carbocycles. The summed E-state index contributed by atoms with van der Waals surface area (Å²) in [5.74, 6) is 1.03. The van der Waals surface area contributed by atoms with Gasteiger partial charge in [0.15, 0.2) is 5.96 Å². The highest BCUT2D eigenvalue weighted by Gasteiger charge is 2.21. The minimum atomic E-state index is 0.768. The number of piperazine rings is 1. The summed E-state index contributed by atoms with van der Waals surface area (Å²) in [5, 5.41) is 3.54. The van der Waals surface area contributed by atoms with Gasteiger partial charge in [0.25, 0.3) is 0 Å². The molecule has 2 aliphatic rings. The van der Waals surface area contributed by atoms with Gasteiger partial charge in [-0.05, 0) is 43.9 Å². The number of nitrogens with zero attached hydrogens (tertiary/aromatic N) is 3. The molecule has 5 heteroatoms. The third-order valence-electron chi connectivity index (χ3n) is 5.49. The summed E-state index contributed by atoms with van der Waals surface area (Å²) in [5.41, 5.74) is 5.64. The zero-order chi connectivity index (χ0) is 18.4. The van der Waals surface area contributed by atoms with Crippen molar-refractivity contribution in [2.75, 3.05) is 57.9 Å². The van der Waals surface area contributed by atoms with Crippen LogP contribution in [0, 0.1) is 13.8 Å². The molecule has 0 saturated carbocycles. The molecule has 3 rings (SSSR count). The predicted octanol–water partition coefficient (Wildman–Crippen LogP) is 2.74. The molecule has 0 spiro atoms. The molecule has 0 atom stereocenters. The topological polar surface area (TPSA) is 40.1 Å². The molecule has 0 aromatic heterocycles. The molecule has 142 valence electrons. The standard InChI is InChI=1S/C21H32N4O/c1-17-5-4-6-20(18(17)2)24-11-13-25(14-12-24)21(22-3)23-10-7-19-8-15-26-16-9-19/h4-6,8H,7,9-16H2,1-3H3,(H,22,23). The van der Waals surface area contributed by atoms with E-state index in [1.165, 1.54) is 22.4 Å². The van der Waals surface area contributed by atoms with E-state index in [1.54, 1.807) is 0 Å². The Labute approximate surface area is 157 Å². The summed E-state index contributed by atoms with van der Waals surface area (Å²) in [7, 11) is 1.88. The van der Waals surface area contributed by atoms with Gasteiger partial charge in [-0.3, -0.25) is 4.99 Å². The summed E-state index contributed by atoms with van der Waals surface area (Å²) >= 11 is 0. The van der Waals surface area contributed by atoms with Crippen molar-refractivity contribution >= 4 is 11.6 Å². The van der Waals surface area contributed by atoms with E-state index < -0.39 is 0 Å². The van der Waals surface area contributed by atoms with Gasteiger partial charge in [0.1, 0.15) is 0 Å². The van der Waals surface area contributed by atoms with Crippen molar-refractivity contribution in [3.8, 4) is 0 Å². The fraction of sp³-hybridized carbons (Fsp3) is 0.571. The Morgan fingerprint density at radius 3 is 2.69 bits per heavy atom. The van der Waals surface area contributed by atoms with Crippen LogP contribution in [-0.4, -0.2) is 63.8 Å². The maximum Gasteiger partial charge on any atom is 0.193 e. The van der Waals surface area contributed by atoms with Gasteiger partial charge in [0.05, 0.1) is 13.2 Å². The number of rotatable bonds is 4. The van der Waals surface area contributed by atoms with Crippen molar-refractivity contribution in [2.45, 2.75) is 26.7 Å². The quantitative estimate of drug-likeness (QED) is 0.512. The van der Waals surface area contributed by atoms with Gasteiger partial charge < -0.3 is 19.9 Å². The van der Waals surface area contributed by atoms with E-state index in [0.29, 0.717) is 0 Å². The van der Waals surface area contributed by atoms with Gasteiger partial charge in [-0.25, -0.2) is 0 Å². The van der Waals surface area contributed by atoms with Crippen LogP contribution < -0.4 is 10.2 Å². The third kappa shape index (κ3) is 4.58. The summed E-state index contributed by atoms with van der Waals surface area (Å²) < 4.78 is 5.37. The first kappa shape index (κ1) is 18.8. The van der Waals surface area contributed by atoms with E-state index in [9.17, 15) is 0 Å². The minimum Gasteiger partial charge on any atom is -0.377 e. The third-order valence-corrected chi connectivity index (χ3v) is 5.49. The van der Waals surface area contributed by atoms with Crippen molar-refractivity contribution in [3.05, 3.63) is 41.0 Å². The molecule has 1 saturated heterocycles. The van der Waals surface area contributed by atoms with Crippen LogP contribution >= 0.6 is 0 Å². The minimum absolute atomic E-state index is 0.768. The van der Waals surface area contributed by atoms with Gasteiger partial charge in [0.2, 0.25) is 0 Å². The smallest absolute Gasteiger partial charge is 0.193 e. The molecule has 2 aliphatic heterocycles. The number of benzene rings is 1. The van der Waals surface area contributed by atoms with Gasteiger partial charge in [0, 0.05) is 45.5 Å². The molecule has 1 aromatic rings. The number of guanidine groups is 1. The Balaban J connectivity index is 1.49. The van der Waals surface area contributed by atoms with Crippen LogP contribution in [0.2, 0.25) is 0 Å². The highest BCUT2D eigenvalue weighted by atomic mass is 16.5. The summed E-state index contributed by atoms with van der Waals surface area (Å²) in [6, 6.07) is 6.59. The van der Waals surface area contributed by atoms with E-state index in [2.05, 4.69) is 58.2 Å². The first-order chi connectivity index (χ1) is 12.7. The normalized spacial score (nSPS) is 18.7. The van der Waals surface area contributed by atoms with Crippen molar-refractivity contribution in [1.82, 2.24) is 10.2 Å². The van der Waals surface area contributed by atoms with Gasteiger partial charge in [-0.2, -0.15) is 0 Å². The average molecular weight is 357 g/mol. The lowest BCUT2D eigenvalue weighted by molar-refractivity contribution is 0.153. The maximum absolute atomic E-state index is 5.37. The highest BCUT2D eigenvalue weighted by molar-refractivity contribution is 5.80. The molecule has 1 N–H and O–H groups in total. The zero-order valence-electron chi connectivity index (χ0n) is 16.4. The number of hydrogen-bond donors (Lipinski definition) is 1. The van der Waals surface area contributed by atoms with Crippen LogP contribution in [-0.2, 0) is 4.74 Å². The summed E-state index contributed by atoms with van der Waals surface area (Å²) in [4.78, 5) is 9.37. The molecule has 0 unspecified atom stereocenters. The number of nitrogens with one attached hydrogen (secondary N) is 1. The monoisotopic (exact) mass is 356 g/mol. The summed E-state index contributed by atoms with van der Waals surface area (Å²) in [6.07, 6.45) is 4.36. The Hall–Kier alpha value is -2.01. The highest BCUT2D eigenvalue weighted by Crippen LogP contribution is 2.23. The number of hydrogen-bond acceptors (Lipinski definition) is 3. The molecule has 26 heavy (non-hydrogen) atoms. The summed E-state index contributed by atoms with van der Waals surface area (Å²) in [6.45, 7) is 11.1. The lowest BCUT2D eigenvalue weighted by Gasteiger charge is -2.38. The van der Waals surface area contributed by atoms with E-state index in [-0.39, 0.29) is 0 Å². The number of aliphatic imine (C=N–C) groups is 1. The SMILES string of the molecule is CN=C(NCCC1=CCOCC1)N1CCN(c2cccc(C)c2C)CC1. The second kappa shape index (κ2) is 9.08. The first-order valence-corrected chi connectivity index (χ1v) is 9.71. The molecule has 0 amide bonds. The Morgan fingerprint density at radius 2 is 2.00 bits per heavy atom. The van der Waals surface area contributed by atoms with E-state index in [4.69, 9.17) is 4.74 Å². The largest absolute Gasteiger partial charge is 0.377 e. The average Bonchev–Trinajstić information content (AvgIpc) is 2.69.